The second-order valence-electron chi connectivity index (χ2n) is 5.94. The lowest BCUT2D eigenvalue weighted by Gasteiger charge is -2.32. The van der Waals surface area contributed by atoms with Gasteiger partial charge in [-0.15, -0.1) is 0 Å². The maximum Gasteiger partial charge on any atom is 0.118 e. The number of methoxy groups -OCH3 is 1. The fourth-order valence-electron chi connectivity index (χ4n) is 2.96. The van der Waals surface area contributed by atoms with E-state index >= 15 is 0 Å². The first kappa shape index (κ1) is 13.8. The first-order valence-electron chi connectivity index (χ1n) is 6.71. The van der Waals surface area contributed by atoms with Crippen LogP contribution in [-0.4, -0.2) is 13.2 Å². The number of azide groups is 1. The highest BCUT2D eigenvalue weighted by Crippen LogP contribution is 2.47. The molecule has 19 heavy (non-hydrogen) atoms. The molecule has 0 bridgehead atoms. The van der Waals surface area contributed by atoms with Crippen molar-refractivity contribution in [3.05, 3.63) is 45.6 Å². The summed E-state index contributed by atoms with van der Waals surface area (Å²) in [6, 6.07) is -0.00496. The van der Waals surface area contributed by atoms with Gasteiger partial charge in [0.05, 0.1) is 7.11 Å². The van der Waals surface area contributed by atoms with Gasteiger partial charge in [-0.05, 0) is 35.4 Å². The van der Waals surface area contributed by atoms with Crippen LogP contribution in [0, 0.1) is 11.3 Å². The Bertz CT molecular complexity index is 507. The Morgan fingerprint density at radius 2 is 2.32 bits per heavy atom. The maximum atomic E-state index is 8.52. The summed E-state index contributed by atoms with van der Waals surface area (Å²) in [4.78, 5) is 2.89. The van der Waals surface area contributed by atoms with Crippen molar-refractivity contribution in [1.29, 1.82) is 0 Å². The lowest BCUT2D eigenvalue weighted by molar-refractivity contribution is 0.279. The van der Waals surface area contributed by atoms with Gasteiger partial charge in [0.1, 0.15) is 5.76 Å². The summed E-state index contributed by atoms with van der Waals surface area (Å²) >= 11 is 0. The van der Waals surface area contributed by atoms with Crippen molar-refractivity contribution in [2.45, 2.75) is 39.7 Å². The Kier molecular flexibility index (Phi) is 3.72. The van der Waals surface area contributed by atoms with Crippen molar-refractivity contribution >= 4 is 0 Å². The summed E-state index contributed by atoms with van der Waals surface area (Å²) in [5, 5.41) is 3.78. The zero-order valence-electron chi connectivity index (χ0n) is 12.1. The van der Waals surface area contributed by atoms with E-state index in [9.17, 15) is 0 Å². The van der Waals surface area contributed by atoms with Crippen LogP contribution in [0.1, 0.15) is 33.6 Å². The molecule has 0 spiro atoms. The van der Waals surface area contributed by atoms with Gasteiger partial charge in [0.2, 0.25) is 0 Å². The van der Waals surface area contributed by atoms with E-state index < -0.39 is 0 Å². The van der Waals surface area contributed by atoms with E-state index in [1.54, 1.807) is 7.11 Å². The van der Waals surface area contributed by atoms with Gasteiger partial charge in [-0.1, -0.05) is 38.0 Å². The highest BCUT2D eigenvalue weighted by molar-refractivity contribution is 5.51. The first-order chi connectivity index (χ1) is 8.99. The monoisotopic (exact) mass is 259 g/mol. The van der Waals surface area contributed by atoms with Gasteiger partial charge >= 0.3 is 0 Å². The first-order valence-corrected chi connectivity index (χ1v) is 6.71. The van der Waals surface area contributed by atoms with Crippen LogP contribution < -0.4 is 0 Å². The predicted molar refractivity (Wildman–Crippen MR) is 76.4 cm³/mol. The van der Waals surface area contributed by atoms with E-state index in [-0.39, 0.29) is 11.5 Å². The third-order valence-electron chi connectivity index (χ3n) is 4.01. The molecule has 0 aromatic rings. The third-order valence-corrected chi connectivity index (χ3v) is 4.01. The van der Waals surface area contributed by atoms with Crippen LogP contribution in [0.5, 0.6) is 0 Å². The number of rotatable bonds is 4. The number of hydrogen-bond acceptors (Lipinski definition) is 2. The van der Waals surface area contributed by atoms with Crippen LogP contribution in [0.15, 0.2) is 40.2 Å². The fourth-order valence-corrected chi connectivity index (χ4v) is 2.96. The molecule has 0 aromatic carbocycles. The van der Waals surface area contributed by atoms with Crippen molar-refractivity contribution in [1.82, 2.24) is 0 Å². The molecular formula is C15H21N3O. The third kappa shape index (κ3) is 2.54. The molecule has 102 valence electrons. The predicted octanol–water partition coefficient (Wildman–Crippen LogP) is 4.52. The summed E-state index contributed by atoms with van der Waals surface area (Å²) in [5.74, 6) is 1.28. The van der Waals surface area contributed by atoms with E-state index in [4.69, 9.17) is 10.3 Å². The van der Waals surface area contributed by atoms with Crippen molar-refractivity contribution in [2.24, 2.45) is 16.4 Å². The van der Waals surface area contributed by atoms with Crippen molar-refractivity contribution in [2.75, 3.05) is 7.11 Å². The number of nitrogens with zero attached hydrogens (tertiary/aromatic N) is 3. The number of hydrogen-bond donors (Lipinski definition) is 0. The summed E-state index contributed by atoms with van der Waals surface area (Å²) in [7, 11) is 1.72. The zero-order chi connectivity index (χ0) is 14.0. The van der Waals surface area contributed by atoms with Crippen LogP contribution >= 0.6 is 0 Å². The van der Waals surface area contributed by atoms with E-state index in [0.717, 1.165) is 18.6 Å². The smallest absolute Gasteiger partial charge is 0.118 e. The quantitative estimate of drug-likeness (QED) is 0.416. The molecule has 0 radical (unpaired) electrons. The lowest BCUT2D eigenvalue weighted by Crippen LogP contribution is -2.21. The molecule has 2 atom stereocenters. The molecule has 1 unspecified atom stereocenters. The van der Waals surface area contributed by atoms with E-state index in [2.05, 4.69) is 42.1 Å². The zero-order valence-corrected chi connectivity index (χ0v) is 12.1. The molecule has 0 fully saturated rings. The highest BCUT2D eigenvalue weighted by atomic mass is 16.5. The minimum atomic E-state index is -0.00496. The Hall–Kier alpha value is -1.67. The van der Waals surface area contributed by atoms with Crippen molar-refractivity contribution in [3.63, 3.8) is 0 Å². The van der Waals surface area contributed by atoms with Gasteiger partial charge in [0.15, 0.2) is 0 Å². The van der Waals surface area contributed by atoms with Crippen molar-refractivity contribution in [3.8, 4) is 0 Å². The van der Waals surface area contributed by atoms with Crippen LogP contribution in [0.25, 0.3) is 10.4 Å². The molecule has 0 aromatic heterocycles. The van der Waals surface area contributed by atoms with E-state index in [0.29, 0.717) is 5.92 Å². The Balaban J connectivity index is 2.30. The van der Waals surface area contributed by atoms with E-state index in [1.165, 1.54) is 11.1 Å². The molecule has 0 saturated heterocycles. The largest absolute Gasteiger partial charge is 0.497 e. The summed E-state index contributed by atoms with van der Waals surface area (Å²) in [6.45, 7) is 6.47. The summed E-state index contributed by atoms with van der Waals surface area (Å²) < 4.78 is 5.53. The minimum Gasteiger partial charge on any atom is -0.497 e. The normalized spacial score (nSPS) is 25.5. The topological polar surface area (TPSA) is 58.0 Å². The second-order valence-corrected chi connectivity index (χ2v) is 5.94. The summed E-state index contributed by atoms with van der Waals surface area (Å²) in [5.41, 5.74) is 11.3. The molecule has 0 heterocycles. The highest BCUT2D eigenvalue weighted by Gasteiger charge is 2.36. The van der Waals surface area contributed by atoms with Gasteiger partial charge in [-0.25, -0.2) is 0 Å². The molecule has 0 saturated carbocycles. The Morgan fingerprint density at radius 3 is 2.95 bits per heavy atom. The molecule has 2 aliphatic carbocycles. The van der Waals surface area contributed by atoms with Gasteiger partial charge in [0, 0.05) is 22.4 Å². The van der Waals surface area contributed by atoms with Gasteiger partial charge in [-0.3, -0.25) is 0 Å². The van der Waals surface area contributed by atoms with Gasteiger partial charge in [-0.2, -0.15) is 0 Å². The number of allylic oxidation sites excluding steroid dienone is 5. The van der Waals surface area contributed by atoms with Crippen LogP contribution in [-0.2, 0) is 4.74 Å². The van der Waals surface area contributed by atoms with Crippen LogP contribution in [0.4, 0.5) is 0 Å². The molecular weight excluding hydrogens is 238 g/mol. The number of ether oxygens (including phenoxy) is 1. The Labute approximate surface area is 114 Å². The van der Waals surface area contributed by atoms with Crippen LogP contribution in [0.2, 0.25) is 0 Å². The molecule has 2 aliphatic rings. The lowest BCUT2D eigenvalue weighted by atomic mass is 9.74. The molecule has 0 N–H and O–H groups in total. The minimum absolute atomic E-state index is 0.00496. The molecule has 2 rings (SSSR count). The molecule has 0 aliphatic heterocycles. The van der Waals surface area contributed by atoms with Crippen LogP contribution in [0.3, 0.4) is 0 Å². The van der Waals surface area contributed by atoms with Crippen molar-refractivity contribution < 1.29 is 4.74 Å². The molecule has 4 heteroatoms. The Morgan fingerprint density at radius 1 is 1.58 bits per heavy atom. The van der Waals surface area contributed by atoms with Gasteiger partial charge in [0.25, 0.3) is 0 Å². The summed E-state index contributed by atoms with van der Waals surface area (Å²) in [6.07, 6.45) is 8.44. The standard InChI is InChI=1S/C15H21N3O/c1-10(17-18-16)9-11-5-6-12-14(11)13(19-4)7-8-15(12,2)3/h5-7,10-11H,8-9H2,1-4H3/t10-,11?/m0/s1. The molecule has 4 nitrogen and oxygen atoms in total. The average Bonchev–Trinajstić information content (AvgIpc) is 2.75. The average molecular weight is 259 g/mol. The van der Waals surface area contributed by atoms with Gasteiger partial charge < -0.3 is 4.74 Å². The van der Waals surface area contributed by atoms with E-state index in [1.807, 2.05) is 6.92 Å². The maximum absolute atomic E-state index is 8.52. The molecule has 0 amide bonds. The SMILES string of the molecule is COC1=CCC(C)(C)C2=C1C(C[C@H](C)N=[N+]=[N-])C=C2. The second kappa shape index (κ2) is 5.14. The fraction of sp³-hybridized carbons (Fsp3) is 0.600.